The molecule has 0 aliphatic rings. The minimum atomic E-state index is -3.77. The second-order valence-electron chi connectivity index (χ2n) is 6.04. The van der Waals surface area contributed by atoms with Crippen LogP contribution in [0.2, 0.25) is 0 Å². The maximum atomic E-state index is 12.8. The fraction of sp³-hybridized carbons (Fsp3) is 0.316. The molecule has 0 aliphatic heterocycles. The van der Waals surface area contributed by atoms with Crippen molar-refractivity contribution in [2.75, 3.05) is 12.4 Å². The Labute approximate surface area is 154 Å². The molecular weight excluding hydrogens is 352 g/mol. The Balaban J connectivity index is 2.33. The van der Waals surface area contributed by atoms with Crippen LogP contribution in [-0.2, 0) is 14.8 Å². The van der Waals surface area contributed by atoms with Gasteiger partial charge in [-0.1, -0.05) is 36.8 Å². The molecule has 2 aromatic rings. The number of amides is 1. The Morgan fingerprint density at radius 1 is 1.15 bits per heavy atom. The Morgan fingerprint density at radius 3 is 2.35 bits per heavy atom. The highest BCUT2D eigenvalue weighted by Gasteiger charge is 2.22. The Hall–Kier alpha value is -2.38. The van der Waals surface area contributed by atoms with Crippen molar-refractivity contribution in [2.45, 2.75) is 38.1 Å². The molecular formula is C19H24N2O4S. The molecule has 0 saturated heterocycles. The van der Waals surface area contributed by atoms with Crippen LogP contribution in [0.25, 0.3) is 0 Å². The average molecular weight is 376 g/mol. The monoisotopic (exact) mass is 376 g/mol. The molecule has 0 aromatic heterocycles. The van der Waals surface area contributed by atoms with Gasteiger partial charge in [0.2, 0.25) is 15.9 Å². The maximum Gasteiger partial charge on any atom is 0.241 e. The van der Waals surface area contributed by atoms with E-state index < -0.39 is 10.0 Å². The quantitative estimate of drug-likeness (QED) is 0.776. The summed E-state index contributed by atoms with van der Waals surface area (Å²) in [7, 11) is -2.31. The third kappa shape index (κ3) is 4.83. The van der Waals surface area contributed by atoms with Crippen LogP contribution >= 0.6 is 0 Å². The van der Waals surface area contributed by atoms with Crippen molar-refractivity contribution in [3.8, 4) is 5.75 Å². The minimum Gasteiger partial charge on any atom is -0.495 e. The Kier molecular flexibility index (Phi) is 6.39. The molecule has 0 spiro atoms. The van der Waals surface area contributed by atoms with Crippen molar-refractivity contribution in [2.24, 2.45) is 0 Å². The zero-order chi connectivity index (χ0) is 19.3. The van der Waals surface area contributed by atoms with Crippen LogP contribution in [0.5, 0.6) is 5.75 Å². The molecule has 7 heteroatoms. The second-order valence-corrected chi connectivity index (χ2v) is 7.75. The smallest absolute Gasteiger partial charge is 0.241 e. The van der Waals surface area contributed by atoms with Gasteiger partial charge in [-0.2, -0.15) is 0 Å². The van der Waals surface area contributed by atoms with Crippen LogP contribution in [0, 0.1) is 6.92 Å². The molecule has 2 rings (SSSR count). The standard InChI is InChI=1S/C19H24N2O4S/c1-5-17(15-8-6-13(2)7-9-15)21-26(23,24)16-10-11-19(25-4)18(12-16)20-14(3)22/h6-12,17,21H,5H2,1-4H3,(H,20,22). The number of anilines is 1. The molecule has 0 saturated carbocycles. The lowest BCUT2D eigenvalue weighted by Crippen LogP contribution is -2.28. The van der Waals surface area contributed by atoms with Crippen LogP contribution in [0.4, 0.5) is 5.69 Å². The van der Waals surface area contributed by atoms with Crippen molar-refractivity contribution in [1.82, 2.24) is 4.72 Å². The summed E-state index contributed by atoms with van der Waals surface area (Å²) in [4.78, 5) is 11.4. The summed E-state index contributed by atoms with van der Waals surface area (Å²) in [5.41, 5.74) is 2.32. The highest BCUT2D eigenvalue weighted by Crippen LogP contribution is 2.28. The van der Waals surface area contributed by atoms with Gasteiger partial charge in [0, 0.05) is 13.0 Å². The highest BCUT2D eigenvalue weighted by molar-refractivity contribution is 7.89. The van der Waals surface area contributed by atoms with E-state index >= 15 is 0 Å². The molecule has 0 heterocycles. The molecule has 2 aromatic carbocycles. The average Bonchev–Trinajstić information content (AvgIpc) is 2.60. The van der Waals surface area contributed by atoms with E-state index in [9.17, 15) is 13.2 Å². The zero-order valence-corrected chi connectivity index (χ0v) is 16.2. The van der Waals surface area contributed by atoms with Crippen molar-refractivity contribution < 1.29 is 17.9 Å². The van der Waals surface area contributed by atoms with Crippen LogP contribution in [0.1, 0.15) is 37.4 Å². The number of benzene rings is 2. The van der Waals surface area contributed by atoms with Gasteiger partial charge >= 0.3 is 0 Å². The summed E-state index contributed by atoms with van der Waals surface area (Å²) >= 11 is 0. The lowest BCUT2D eigenvalue weighted by Gasteiger charge is -2.18. The lowest BCUT2D eigenvalue weighted by molar-refractivity contribution is -0.114. The SMILES string of the molecule is CCC(NS(=O)(=O)c1ccc(OC)c(NC(C)=O)c1)c1ccc(C)cc1. The molecule has 1 atom stereocenters. The molecule has 0 aliphatic carbocycles. The largest absolute Gasteiger partial charge is 0.495 e. The van der Waals surface area contributed by atoms with Gasteiger partial charge in [0.1, 0.15) is 5.75 Å². The minimum absolute atomic E-state index is 0.0626. The van der Waals surface area contributed by atoms with E-state index in [1.807, 2.05) is 38.1 Å². The number of nitrogens with one attached hydrogen (secondary N) is 2. The fourth-order valence-corrected chi connectivity index (χ4v) is 3.92. The van der Waals surface area contributed by atoms with Gasteiger partial charge in [0.25, 0.3) is 0 Å². The lowest BCUT2D eigenvalue weighted by atomic mass is 10.0. The molecule has 140 valence electrons. The molecule has 1 amide bonds. The first kappa shape index (κ1) is 19.9. The van der Waals surface area contributed by atoms with Gasteiger partial charge in [-0.3, -0.25) is 4.79 Å². The predicted molar refractivity (Wildman–Crippen MR) is 102 cm³/mol. The number of ether oxygens (including phenoxy) is 1. The zero-order valence-electron chi connectivity index (χ0n) is 15.4. The normalized spacial score (nSPS) is 12.5. The maximum absolute atomic E-state index is 12.8. The third-order valence-electron chi connectivity index (χ3n) is 3.98. The predicted octanol–water partition coefficient (Wildman–Crippen LogP) is 3.39. The van der Waals surface area contributed by atoms with E-state index in [1.165, 1.54) is 32.2 Å². The van der Waals surface area contributed by atoms with Gasteiger partial charge in [0.15, 0.2) is 0 Å². The first-order valence-corrected chi connectivity index (χ1v) is 9.79. The topological polar surface area (TPSA) is 84.5 Å². The third-order valence-corrected chi connectivity index (χ3v) is 5.45. The van der Waals surface area contributed by atoms with Gasteiger partial charge in [-0.15, -0.1) is 0 Å². The molecule has 0 radical (unpaired) electrons. The second kappa shape index (κ2) is 8.33. The van der Waals surface area contributed by atoms with Gasteiger partial charge in [-0.05, 0) is 37.1 Å². The van der Waals surface area contributed by atoms with Gasteiger partial charge < -0.3 is 10.1 Å². The summed E-state index contributed by atoms with van der Waals surface area (Å²) in [5.74, 6) is 0.0848. The first-order valence-electron chi connectivity index (χ1n) is 8.31. The van der Waals surface area contributed by atoms with Crippen molar-refractivity contribution in [1.29, 1.82) is 0 Å². The first-order chi connectivity index (χ1) is 12.3. The number of sulfonamides is 1. The van der Waals surface area contributed by atoms with Crippen LogP contribution in [0.3, 0.4) is 0 Å². The van der Waals surface area contributed by atoms with Crippen LogP contribution < -0.4 is 14.8 Å². The van der Waals surface area contributed by atoms with E-state index in [0.29, 0.717) is 17.9 Å². The number of hydrogen-bond donors (Lipinski definition) is 2. The number of methoxy groups -OCH3 is 1. The summed E-state index contributed by atoms with van der Waals surface area (Å²) in [6, 6.07) is 11.8. The highest BCUT2D eigenvalue weighted by atomic mass is 32.2. The van der Waals surface area contributed by atoms with Gasteiger partial charge in [-0.25, -0.2) is 13.1 Å². The summed E-state index contributed by atoms with van der Waals surface area (Å²) in [5, 5.41) is 2.59. The van der Waals surface area contributed by atoms with E-state index in [1.54, 1.807) is 0 Å². The summed E-state index contributed by atoms with van der Waals surface area (Å²) < 4.78 is 33.5. The van der Waals surface area contributed by atoms with E-state index in [-0.39, 0.29) is 16.8 Å². The number of aryl methyl sites for hydroxylation is 1. The molecule has 0 bridgehead atoms. The van der Waals surface area contributed by atoms with Gasteiger partial charge in [0.05, 0.1) is 17.7 Å². The molecule has 26 heavy (non-hydrogen) atoms. The fourth-order valence-electron chi connectivity index (χ4n) is 2.58. The Bertz CT molecular complexity index is 877. The van der Waals surface area contributed by atoms with Crippen molar-refractivity contribution in [3.05, 3.63) is 53.6 Å². The number of carbonyl (C=O) groups is 1. The Morgan fingerprint density at radius 2 is 1.81 bits per heavy atom. The van der Waals surface area contributed by atoms with E-state index in [2.05, 4.69) is 10.0 Å². The molecule has 1 unspecified atom stereocenters. The van der Waals surface area contributed by atoms with Crippen molar-refractivity contribution in [3.63, 3.8) is 0 Å². The number of hydrogen-bond acceptors (Lipinski definition) is 4. The molecule has 6 nitrogen and oxygen atoms in total. The summed E-state index contributed by atoms with van der Waals surface area (Å²) in [6.45, 7) is 5.25. The molecule has 2 N–H and O–H groups in total. The summed E-state index contributed by atoms with van der Waals surface area (Å²) in [6.07, 6.45) is 0.608. The van der Waals surface area contributed by atoms with Crippen LogP contribution in [-0.4, -0.2) is 21.4 Å². The number of carbonyl (C=O) groups excluding carboxylic acids is 1. The van der Waals surface area contributed by atoms with Crippen LogP contribution in [0.15, 0.2) is 47.4 Å². The number of rotatable bonds is 7. The van der Waals surface area contributed by atoms with E-state index in [0.717, 1.165) is 11.1 Å². The van der Waals surface area contributed by atoms with E-state index in [4.69, 9.17) is 4.74 Å². The molecule has 0 fully saturated rings. The van der Waals surface area contributed by atoms with Crippen molar-refractivity contribution >= 4 is 21.6 Å².